The fraction of sp³-hybridized carbons (Fsp3) is 0.400. The Morgan fingerprint density at radius 3 is 3.05 bits per heavy atom. The number of H-pyrrole nitrogens is 1. The first kappa shape index (κ1) is 13.6. The van der Waals surface area contributed by atoms with Gasteiger partial charge in [0.25, 0.3) is 0 Å². The van der Waals surface area contributed by atoms with Gasteiger partial charge in [-0.25, -0.2) is 9.97 Å². The molecule has 2 N–H and O–H groups in total. The van der Waals surface area contributed by atoms with Gasteiger partial charge in [-0.15, -0.1) is 0 Å². The number of hydrogen-bond donors (Lipinski definition) is 2. The number of aromatic nitrogens is 3. The molecule has 2 aromatic rings. The molecule has 1 amide bonds. The second-order valence-corrected chi connectivity index (χ2v) is 5.27. The first-order chi connectivity index (χ1) is 10.2. The lowest BCUT2D eigenvalue weighted by Gasteiger charge is -2.20. The summed E-state index contributed by atoms with van der Waals surface area (Å²) in [6, 6.07) is 3.52. The van der Waals surface area contributed by atoms with Crippen molar-refractivity contribution in [3.05, 3.63) is 35.5 Å². The van der Waals surface area contributed by atoms with Crippen LogP contribution in [0.2, 0.25) is 0 Å². The monoisotopic (exact) mass is 286 g/mol. The maximum atomic E-state index is 12.3. The van der Waals surface area contributed by atoms with Gasteiger partial charge in [-0.1, -0.05) is 0 Å². The fourth-order valence-electron chi connectivity index (χ4n) is 2.67. The Labute approximate surface area is 123 Å². The number of pyridine rings is 1. The Hall–Kier alpha value is -2.37. The summed E-state index contributed by atoms with van der Waals surface area (Å²) >= 11 is 0. The van der Waals surface area contributed by atoms with E-state index in [0.717, 1.165) is 30.1 Å². The number of carbonyl (C=O) groups excluding carboxylic acids is 1. The van der Waals surface area contributed by atoms with Gasteiger partial charge in [0, 0.05) is 24.1 Å². The van der Waals surface area contributed by atoms with Gasteiger partial charge in [-0.05, 0) is 25.8 Å². The van der Waals surface area contributed by atoms with Crippen molar-refractivity contribution in [2.24, 2.45) is 5.92 Å². The molecule has 0 unspecified atom stereocenters. The topological polar surface area (TPSA) is 79.9 Å². The minimum atomic E-state index is -0.0283. The number of hydrogen-bond acceptors (Lipinski definition) is 4. The van der Waals surface area contributed by atoms with Crippen LogP contribution < -0.4 is 10.1 Å². The highest BCUT2D eigenvalue weighted by Gasteiger charge is 2.26. The van der Waals surface area contributed by atoms with Gasteiger partial charge in [0.15, 0.2) is 0 Å². The number of rotatable bonds is 3. The maximum Gasteiger partial charge on any atom is 0.227 e. The zero-order valence-corrected chi connectivity index (χ0v) is 12.1. The molecule has 1 atom stereocenters. The van der Waals surface area contributed by atoms with Crippen LogP contribution in [0.3, 0.4) is 0 Å². The van der Waals surface area contributed by atoms with E-state index in [0.29, 0.717) is 18.0 Å². The van der Waals surface area contributed by atoms with Crippen LogP contribution in [0.4, 0.5) is 5.69 Å². The molecule has 0 aromatic carbocycles. The molecular weight excluding hydrogens is 268 g/mol. The third kappa shape index (κ3) is 2.89. The zero-order chi connectivity index (χ0) is 14.8. The number of imidazole rings is 1. The van der Waals surface area contributed by atoms with E-state index in [1.807, 2.05) is 6.92 Å². The van der Waals surface area contributed by atoms with Crippen LogP contribution in [0, 0.1) is 12.8 Å². The molecule has 2 heterocycles. The van der Waals surface area contributed by atoms with Gasteiger partial charge in [0.1, 0.15) is 5.82 Å². The van der Waals surface area contributed by atoms with Crippen LogP contribution in [-0.4, -0.2) is 28.0 Å². The number of fused-ring (bicyclic) bond motifs is 1. The predicted molar refractivity (Wildman–Crippen MR) is 78.3 cm³/mol. The molecule has 1 aliphatic rings. The lowest BCUT2D eigenvalue weighted by molar-refractivity contribution is -0.120. The number of nitrogens with zero attached hydrogens (tertiary/aromatic N) is 2. The van der Waals surface area contributed by atoms with E-state index in [4.69, 9.17) is 4.74 Å². The number of aromatic amines is 1. The predicted octanol–water partition coefficient (Wildman–Crippen LogP) is 1.87. The Morgan fingerprint density at radius 2 is 2.33 bits per heavy atom. The molecule has 2 aromatic heterocycles. The number of anilines is 1. The lowest BCUT2D eigenvalue weighted by atomic mass is 9.89. The Kier molecular flexibility index (Phi) is 3.60. The van der Waals surface area contributed by atoms with E-state index in [1.165, 1.54) is 0 Å². The van der Waals surface area contributed by atoms with E-state index in [2.05, 4.69) is 20.3 Å². The molecule has 110 valence electrons. The Balaban J connectivity index is 1.66. The number of carbonyl (C=O) groups is 1. The van der Waals surface area contributed by atoms with E-state index in [9.17, 15) is 4.79 Å². The van der Waals surface area contributed by atoms with Crippen LogP contribution in [0.25, 0.3) is 0 Å². The smallest absolute Gasteiger partial charge is 0.227 e. The van der Waals surface area contributed by atoms with E-state index < -0.39 is 0 Å². The first-order valence-corrected chi connectivity index (χ1v) is 7.01. The molecule has 0 bridgehead atoms. The summed E-state index contributed by atoms with van der Waals surface area (Å²) in [6.07, 6.45) is 3.99. The minimum Gasteiger partial charge on any atom is -0.481 e. The number of nitrogens with one attached hydrogen (secondary N) is 2. The molecular formula is C15H18N4O2. The van der Waals surface area contributed by atoms with Crippen LogP contribution >= 0.6 is 0 Å². The van der Waals surface area contributed by atoms with Gasteiger partial charge < -0.3 is 15.0 Å². The highest BCUT2D eigenvalue weighted by Crippen LogP contribution is 2.25. The molecule has 0 saturated heterocycles. The first-order valence-electron chi connectivity index (χ1n) is 7.01. The fourth-order valence-corrected chi connectivity index (χ4v) is 2.67. The van der Waals surface area contributed by atoms with Crippen molar-refractivity contribution >= 4 is 11.6 Å². The van der Waals surface area contributed by atoms with Gasteiger partial charge in [-0.2, -0.15) is 0 Å². The molecule has 6 heteroatoms. The maximum absolute atomic E-state index is 12.3. The van der Waals surface area contributed by atoms with Crippen LogP contribution in [-0.2, 0) is 17.6 Å². The molecule has 0 spiro atoms. The summed E-state index contributed by atoms with van der Waals surface area (Å²) < 4.78 is 5.00. The van der Waals surface area contributed by atoms with Crippen LogP contribution in [0.5, 0.6) is 5.88 Å². The molecule has 0 radical (unpaired) electrons. The van der Waals surface area contributed by atoms with Gasteiger partial charge in [-0.3, -0.25) is 4.79 Å². The van der Waals surface area contributed by atoms with Crippen molar-refractivity contribution in [3.8, 4) is 5.88 Å². The highest BCUT2D eigenvalue weighted by atomic mass is 16.5. The Morgan fingerprint density at radius 1 is 1.48 bits per heavy atom. The van der Waals surface area contributed by atoms with Crippen molar-refractivity contribution in [1.29, 1.82) is 0 Å². The second-order valence-electron chi connectivity index (χ2n) is 5.27. The SMILES string of the molecule is COc1ccc(NC(=O)[C@@H]2CCc3nc(C)[nH]c3C2)cn1. The van der Waals surface area contributed by atoms with Crippen molar-refractivity contribution in [1.82, 2.24) is 15.0 Å². The molecule has 0 saturated carbocycles. The standard InChI is InChI=1S/C15H18N4O2/c1-9-17-12-5-3-10(7-13(12)18-9)15(20)19-11-4-6-14(21-2)16-8-11/h4,6,8,10H,3,5,7H2,1-2H3,(H,17,18)(H,19,20)/t10-/m1/s1. The summed E-state index contributed by atoms with van der Waals surface area (Å²) in [5.74, 6) is 1.45. The average molecular weight is 286 g/mol. The second kappa shape index (κ2) is 5.55. The van der Waals surface area contributed by atoms with E-state index in [1.54, 1.807) is 25.4 Å². The van der Waals surface area contributed by atoms with Gasteiger partial charge in [0.2, 0.25) is 11.8 Å². The number of amides is 1. The zero-order valence-electron chi connectivity index (χ0n) is 12.1. The normalized spacial score (nSPS) is 17.1. The van der Waals surface area contributed by atoms with Crippen molar-refractivity contribution in [2.45, 2.75) is 26.2 Å². The average Bonchev–Trinajstić information content (AvgIpc) is 2.87. The highest BCUT2D eigenvalue weighted by molar-refractivity contribution is 5.92. The summed E-state index contributed by atoms with van der Waals surface area (Å²) in [6.45, 7) is 1.94. The van der Waals surface area contributed by atoms with Crippen LogP contribution in [0.15, 0.2) is 18.3 Å². The third-order valence-corrected chi connectivity index (χ3v) is 3.75. The summed E-state index contributed by atoms with van der Waals surface area (Å²) in [7, 11) is 1.56. The number of methoxy groups -OCH3 is 1. The Bertz CT molecular complexity index is 648. The van der Waals surface area contributed by atoms with E-state index in [-0.39, 0.29) is 11.8 Å². The quantitative estimate of drug-likeness (QED) is 0.902. The van der Waals surface area contributed by atoms with Crippen molar-refractivity contribution < 1.29 is 9.53 Å². The summed E-state index contributed by atoms with van der Waals surface area (Å²) in [4.78, 5) is 24.1. The van der Waals surface area contributed by atoms with Crippen molar-refractivity contribution in [3.63, 3.8) is 0 Å². The van der Waals surface area contributed by atoms with E-state index >= 15 is 0 Å². The summed E-state index contributed by atoms with van der Waals surface area (Å²) in [5.41, 5.74) is 2.88. The molecule has 21 heavy (non-hydrogen) atoms. The lowest BCUT2D eigenvalue weighted by Crippen LogP contribution is -2.28. The molecule has 0 fully saturated rings. The minimum absolute atomic E-state index is 0.0277. The molecule has 1 aliphatic carbocycles. The largest absolute Gasteiger partial charge is 0.481 e. The molecule has 3 rings (SSSR count). The number of ether oxygens (including phenoxy) is 1. The third-order valence-electron chi connectivity index (χ3n) is 3.75. The van der Waals surface area contributed by atoms with Crippen LogP contribution in [0.1, 0.15) is 23.6 Å². The molecule has 0 aliphatic heterocycles. The molecule has 6 nitrogen and oxygen atoms in total. The van der Waals surface area contributed by atoms with Gasteiger partial charge >= 0.3 is 0 Å². The summed E-state index contributed by atoms with van der Waals surface area (Å²) in [5, 5.41) is 2.91. The van der Waals surface area contributed by atoms with Crippen molar-refractivity contribution in [2.75, 3.05) is 12.4 Å². The number of aryl methyl sites for hydroxylation is 2. The van der Waals surface area contributed by atoms with Gasteiger partial charge in [0.05, 0.1) is 24.7 Å².